The zero-order valence-corrected chi connectivity index (χ0v) is 8.65. The van der Waals surface area contributed by atoms with Crippen LogP contribution in [0.5, 0.6) is 0 Å². The molecule has 0 amide bonds. The highest BCUT2D eigenvalue weighted by Crippen LogP contribution is 2.56. The first kappa shape index (κ1) is 9.58. The van der Waals surface area contributed by atoms with Crippen LogP contribution in [0.3, 0.4) is 0 Å². The number of hydrogen-bond donors (Lipinski definition) is 0. The minimum Gasteiger partial charge on any atom is -0.198 e. The van der Waals surface area contributed by atoms with Gasteiger partial charge in [-0.2, -0.15) is 5.26 Å². The molecular formula is C11H19N. The summed E-state index contributed by atoms with van der Waals surface area (Å²) in [4.78, 5) is 0. The molecule has 1 aliphatic carbocycles. The molecule has 0 spiro atoms. The van der Waals surface area contributed by atoms with Crippen LogP contribution in [-0.2, 0) is 0 Å². The fourth-order valence-electron chi connectivity index (χ4n) is 3.04. The van der Waals surface area contributed by atoms with E-state index in [1.807, 2.05) is 0 Å². The first-order valence-electron chi connectivity index (χ1n) is 4.80. The summed E-state index contributed by atoms with van der Waals surface area (Å²) in [5.41, 5.74) is 0.447. The molecule has 0 aromatic heterocycles. The van der Waals surface area contributed by atoms with Crippen molar-refractivity contribution >= 4 is 0 Å². The third-order valence-electron chi connectivity index (χ3n) is 2.80. The molecule has 0 aliphatic heterocycles. The summed E-state index contributed by atoms with van der Waals surface area (Å²) in [6.45, 7) is 8.90. The van der Waals surface area contributed by atoms with Crippen LogP contribution in [0.25, 0.3) is 0 Å². The van der Waals surface area contributed by atoms with Crippen LogP contribution < -0.4 is 0 Å². The van der Waals surface area contributed by atoms with Crippen molar-refractivity contribution in [2.45, 2.75) is 47.0 Å². The minimum atomic E-state index is -0.0103. The zero-order chi connectivity index (χ0) is 9.41. The molecule has 0 radical (unpaired) electrons. The molecule has 0 unspecified atom stereocenters. The van der Waals surface area contributed by atoms with E-state index in [4.69, 9.17) is 5.26 Å². The molecule has 1 aliphatic rings. The second-order valence-electron chi connectivity index (χ2n) is 5.43. The second-order valence-corrected chi connectivity index (χ2v) is 5.43. The molecule has 0 heterocycles. The van der Waals surface area contributed by atoms with Gasteiger partial charge < -0.3 is 0 Å². The number of nitrogens with zero attached hydrogens (tertiary/aromatic N) is 1. The SMILES string of the molecule is CC(C)C[C@]1(C)C[C@](C)(C#N)C1. The topological polar surface area (TPSA) is 23.8 Å². The van der Waals surface area contributed by atoms with E-state index in [9.17, 15) is 0 Å². The Morgan fingerprint density at radius 3 is 2.17 bits per heavy atom. The van der Waals surface area contributed by atoms with E-state index in [1.54, 1.807) is 0 Å². The Morgan fingerprint density at radius 1 is 1.33 bits per heavy atom. The van der Waals surface area contributed by atoms with Crippen molar-refractivity contribution in [2.75, 3.05) is 0 Å². The minimum absolute atomic E-state index is 0.0103. The van der Waals surface area contributed by atoms with Gasteiger partial charge >= 0.3 is 0 Å². The van der Waals surface area contributed by atoms with Crippen LogP contribution in [0.4, 0.5) is 0 Å². The summed E-state index contributed by atoms with van der Waals surface area (Å²) in [5.74, 6) is 0.762. The largest absolute Gasteiger partial charge is 0.198 e. The van der Waals surface area contributed by atoms with Crippen molar-refractivity contribution in [3.05, 3.63) is 0 Å². The normalized spacial score (nSPS) is 40.7. The first-order chi connectivity index (χ1) is 5.39. The van der Waals surface area contributed by atoms with E-state index < -0.39 is 0 Å². The number of hydrogen-bond acceptors (Lipinski definition) is 1. The van der Waals surface area contributed by atoms with Gasteiger partial charge in [0.15, 0.2) is 0 Å². The summed E-state index contributed by atoms with van der Waals surface area (Å²) in [5, 5.41) is 8.86. The fourth-order valence-corrected chi connectivity index (χ4v) is 3.04. The fraction of sp³-hybridized carbons (Fsp3) is 0.909. The van der Waals surface area contributed by atoms with Crippen molar-refractivity contribution in [1.82, 2.24) is 0 Å². The smallest absolute Gasteiger partial charge is 0.0687 e. The van der Waals surface area contributed by atoms with Gasteiger partial charge in [0.2, 0.25) is 0 Å². The van der Waals surface area contributed by atoms with Gasteiger partial charge in [-0.15, -0.1) is 0 Å². The highest BCUT2D eigenvalue weighted by Gasteiger charge is 2.48. The molecule has 68 valence electrons. The number of nitriles is 1. The molecule has 0 saturated heterocycles. The molecule has 1 fully saturated rings. The van der Waals surface area contributed by atoms with Crippen LogP contribution in [0.2, 0.25) is 0 Å². The Kier molecular flexibility index (Phi) is 2.21. The van der Waals surface area contributed by atoms with Gasteiger partial charge in [-0.05, 0) is 37.5 Å². The predicted octanol–water partition coefficient (Wildman–Crippen LogP) is 3.36. The molecule has 1 rings (SSSR count). The van der Waals surface area contributed by atoms with Crippen molar-refractivity contribution < 1.29 is 0 Å². The standard InChI is InChI=1S/C11H19N/c1-9(2)5-10(3)6-11(4,7-10)8-12/h9H,5-7H2,1-4H3/t10-,11+. The zero-order valence-electron chi connectivity index (χ0n) is 8.65. The van der Waals surface area contributed by atoms with Crippen LogP contribution in [0.1, 0.15) is 47.0 Å². The van der Waals surface area contributed by atoms with Crippen molar-refractivity contribution in [2.24, 2.45) is 16.7 Å². The molecular weight excluding hydrogens is 146 g/mol. The van der Waals surface area contributed by atoms with Gasteiger partial charge in [-0.3, -0.25) is 0 Å². The summed E-state index contributed by atoms with van der Waals surface area (Å²) in [6, 6.07) is 2.41. The van der Waals surface area contributed by atoms with E-state index in [2.05, 4.69) is 33.8 Å². The van der Waals surface area contributed by atoms with E-state index in [1.165, 1.54) is 6.42 Å². The maximum Gasteiger partial charge on any atom is 0.0687 e. The van der Waals surface area contributed by atoms with Gasteiger partial charge in [0.25, 0.3) is 0 Å². The third-order valence-corrected chi connectivity index (χ3v) is 2.80. The van der Waals surface area contributed by atoms with Gasteiger partial charge in [-0.1, -0.05) is 20.8 Å². The lowest BCUT2D eigenvalue weighted by molar-refractivity contribution is 0.0139. The maximum atomic E-state index is 8.86. The molecule has 0 N–H and O–H groups in total. The summed E-state index contributed by atoms with van der Waals surface area (Å²) >= 11 is 0. The lowest BCUT2D eigenvalue weighted by atomic mass is 9.53. The third kappa shape index (κ3) is 1.80. The molecule has 12 heavy (non-hydrogen) atoms. The summed E-state index contributed by atoms with van der Waals surface area (Å²) in [6.07, 6.45) is 3.45. The van der Waals surface area contributed by atoms with Gasteiger partial charge in [0.05, 0.1) is 11.5 Å². The van der Waals surface area contributed by atoms with Crippen LogP contribution in [0.15, 0.2) is 0 Å². The van der Waals surface area contributed by atoms with Crippen LogP contribution in [0, 0.1) is 28.1 Å². The molecule has 0 aromatic rings. The lowest BCUT2D eigenvalue weighted by Crippen LogP contribution is -2.42. The Hall–Kier alpha value is -0.510. The predicted molar refractivity (Wildman–Crippen MR) is 50.5 cm³/mol. The van der Waals surface area contributed by atoms with E-state index in [0.717, 1.165) is 18.8 Å². The van der Waals surface area contributed by atoms with Crippen molar-refractivity contribution in [1.29, 1.82) is 5.26 Å². The Bertz CT molecular complexity index is 204. The molecule has 1 saturated carbocycles. The lowest BCUT2D eigenvalue weighted by Gasteiger charge is -2.50. The summed E-state index contributed by atoms with van der Waals surface area (Å²) in [7, 11) is 0. The molecule has 0 aromatic carbocycles. The van der Waals surface area contributed by atoms with Crippen LogP contribution in [-0.4, -0.2) is 0 Å². The maximum absolute atomic E-state index is 8.86. The van der Waals surface area contributed by atoms with Gasteiger partial charge in [-0.25, -0.2) is 0 Å². The van der Waals surface area contributed by atoms with Gasteiger partial charge in [0, 0.05) is 0 Å². The van der Waals surface area contributed by atoms with Crippen molar-refractivity contribution in [3.8, 4) is 6.07 Å². The summed E-state index contributed by atoms with van der Waals surface area (Å²) < 4.78 is 0. The van der Waals surface area contributed by atoms with Crippen LogP contribution >= 0.6 is 0 Å². The Morgan fingerprint density at radius 2 is 1.83 bits per heavy atom. The van der Waals surface area contributed by atoms with E-state index in [-0.39, 0.29) is 5.41 Å². The number of rotatable bonds is 2. The Balaban J connectivity index is 2.46. The quantitative estimate of drug-likeness (QED) is 0.615. The van der Waals surface area contributed by atoms with Crippen molar-refractivity contribution in [3.63, 3.8) is 0 Å². The highest BCUT2D eigenvalue weighted by molar-refractivity contribution is 5.10. The highest BCUT2D eigenvalue weighted by atomic mass is 14.5. The monoisotopic (exact) mass is 165 g/mol. The Labute approximate surface area is 75.8 Å². The first-order valence-corrected chi connectivity index (χ1v) is 4.80. The average molecular weight is 165 g/mol. The molecule has 1 heteroatoms. The molecule has 0 atom stereocenters. The average Bonchev–Trinajstić information content (AvgIpc) is 1.82. The second kappa shape index (κ2) is 2.76. The van der Waals surface area contributed by atoms with E-state index in [0.29, 0.717) is 5.41 Å². The van der Waals surface area contributed by atoms with E-state index >= 15 is 0 Å². The molecule has 0 bridgehead atoms. The molecule has 1 nitrogen and oxygen atoms in total. The van der Waals surface area contributed by atoms with Gasteiger partial charge in [0.1, 0.15) is 0 Å².